The average Bonchev–Trinajstić information content (AvgIpc) is 2.70. The third kappa shape index (κ3) is 7.77. The number of nitrogens with one attached hydrogen (secondary N) is 2. The molecule has 2 amide bonds. The topological polar surface area (TPSA) is 93.7 Å². The summed E-state index contributed by atoms with van der Waals surface area (Å²) in [5.74, 6) is -2.92. The molecule has 2 aromatic carbocycles. The van der Waals surface area contributed by atoms with Gasteiger partial charge in [-0.2, -0.15) is 0 Å². The van der Waals surface area contributed by atoms with Crippen LogP contribution in [0.25, 0.3) is 0 Å². The lowest BCUT2D eigenvalue weighted by Gasteiger charge is -2.21. The highest BCUT2D eigenvalue weighted by atomic mass is 35.5. The fourth-order valence-corrected chi connectivity index (χ4v) is 2.75. The normalized spacial score (nSPS) is 12.1. The van der Waals surface area contributed by atoms with E-state index in [9.17, 15) is 27.6 Å². The number of carbonyl (C=O) groups is 3. The Kier molecular flexibility index (Phi) is 8.48. The predicted octanol–water partition coefficient (Wildman–Crippen LogP) is 4.17. The number of benzene rings is 2. The second-order valence-corrected chi connectivity index (χ2v) is 7.31. The summed E-state index contributed by atoms with van der Waals surface area (Å²) in [4.78, 5) is 36.8. The zero-order chi connectivity index (χ0) is 23.9. The molecule has 0 saturated carbocycles. The number of hydrogen-bond donors (Lipinski definition) is 2. The van der Waals surface area contributed by atoms with Gasteiger partial charge in [0.15, 0.2) is 6.61 Å². The van der Waals surface area contributed by atoms with Crippen molar-refractivity contribution in [3.05, 3.63) is 59.1 Å². The van der Waals surface area contributed by atoms with E-state index in [0.29, 0.717) is 0 Å². The Morgan fingerprint density at radius 2 is 1.66 bits per heavy atom. The standard InChI is InChI=1S/C21H20ClF3N2O5/c1-12(2)18(27-19(29)15-5-3-4-6-16(15)22)20(30)31-11-17(28)26-13-7-9-14(10-8-13)32-21(23,24)25/h3-10,12,18H,11H2,1-2H3,(H,26,28)(H,27,29)/t18-/m1/s1. The van der Waals surface area contributed by atoms with E-state index in [1.54, 1.807) is 26.0 Å². The lowest BCUT2D eigenvalue weighted by molar-refractivity contribution is -0.274. The van der Waals surface area contributed by atoms with Crippen LogP contribution in [0.15, 0.2) is 48.5 Å². The number of rotatable bonds is 8. The maximum Gasteiger partial charge on any atom is 0.573 e. The van der Waals surface area contributed by atoms with Crippen molar-refractivity contribution in [3.63, 3.8) is 0 Å². The van der Waals surface area contributed by atoms with Crippen LogP contribution in [0.5, 0.6) is 5.75 Å². The van der Waals surface area contributed by atoms with Crippen LogP contribution < -0.4 is 15.4 Å². The van der Waals surface area contributed by atoms with Gasteiger partial charge in [0.2, 0.25) is 0 Å². The lowest BCUT2D eigenvalue weighted by atomic mass is 10.0. The van der Waals surface area contributed by atoms with E-state index >= 15 is 0 Å². The van der Waals surface area contributed by atoms with Crippen molar-refractivity contribution in [3.8, 4) is 5.75 Å². The number of ether oxygens (including phenoxy) is 2. The van der Waals surface area contributed by atoms with Crippen LogP contribution in [0.3, 0.4) is 0 Å². The van der Waals surface area contributed by atoms with Crippen molar-refractivity contribution < 1.29 is 37.0 Å². The Labute approximate surface area is 186 Å². The van der Waals surface area contributed by atoms with Gasteiger partial charge in [-0.25, -0.2) is 4.79 Å². The molecule has 0 saturated heterocycles. The number of hydrogen-bond acceptors (Lipinski definition) is 5. The van der Waals surface area contributed by atoms with Crippen molar-refractivity contribution in [2.45, 2.75) is 26.3 Å². The molecule has 2 rings (SSSR count). The van der Waals surface area contributed by atoms with Crippen LogP contribution >= 0.6 is 11.6 Å². The summed E-state index contributed by atoms with van der Waals surface area (Å²) in [5.41, 5.74) is 0.358. The Bertz CT molecular complexity index is 965. The fourth-order valence-electron chi connectivity index (χ4n) is 2.53. The maximum absolute atomic E-state index is 12.4. The number of carbonyl (C=O) groups excluding carboxylic acids is 3. The minimum absolute atomic E-state index is 0.174. The molecule has 2 N–H and O–H groups in total. The molecule has 2 aromatic rings. The molecule has 1 atom stereocenters. The van der Waals surface area contributed by atoms with Gasteiger partial charge in [-0.3, -0.25) is 9.59 Å². The smallest absolute Gasteiger partial charge is 0.454 e. The first-order valence-electron chi connectivity index (χ1n) is 9.34. The largest absolute Gasteiger partial charge is 0.573 e. The van der Waals surface area contributed by atoms with Gasteiger partial charge >= 0.3 is 12.3 Å². The third-order valence-corrected chi connectivity index (χ3v) is 4.37. The van der Waals surface area contributed by atoms with Gasteiger partial charge in [0.1, 0.15) is 11.8 Å². The Balaban J connectivity index is 1.90. The number of amides is 2. The lowest BCUT2D eigenvalue weighted by Crippen LogP contribution is -2.46. The van der Waals surface area contributed by atoms with E-state index in [1.807, 2.05) is 0 Å². The van der Waals surface area contributed by atoms with Gasteiger partial charge < -0.3 is 20.1 Å². The minimum Gasteiger partial charge on any atom is -0.454 e. The third-order valence-electron chi connectivity index (χ3n) is 4.04. The molecule has 0 bridgehead atoms. The van der Waals surface area contributed by atoms with Gasteiger partial charge in [0, 0.05) is 5.69 Å². The van der Waals surface area contributed by atoms with E-state index < -0.39 is 42.5 Å². The van der Waals surface area contributed by atoms with Gasteiger partial charge in [-0.05, 0) is 42.3 Å². The number of esters is 1. The van der Waals surface area contributed by atoms with Gasteiger partial charge in [-0.15, -0.1) is 13.2 Å². The van der Waals surface area contributed by atoms with Gasteiger partial charge in [0.05, 0.1) is 10.6 Å². The highest BCUT2D eigenvalue weighted by molar-refractivity contribution is 6.33. The summed E-state index contributed by atoms with van der Waals surface area (Å²) in [6.07, 6.45) is -4.83. The SMILES string of the molecule is CC(C)[C@@H](NC(=O)c1ccccc1Cl)C(=O)OCC(=O)Nc1ccc(OC(F)(F)F)cc1. The van der Waals surface area contributed by atoms with Gasteiger partial charge in [-0.1, -0.05) is 37.6 Å². The number of alkyl halides is 3. The Morgan fingerprint density at radius 1 is 1.03 bits per heavy atom. The van der Waals surface area contributed by atoms with E-state index in [-0.39, 0.29) is 22.2 Å². The molecule has 0 aliphatic carbocycles. The van der Waals surface area contributed by atoms with Crippen molar-refractivity contribution in [2.75, 3.05) is 11.9 Å². The molecule has 32 heavy (non-hydrogen) atoms. The van der Waals surface area contributed by atoms with Crippen molar-refractivity contribution >= 4 is 35.1 Å². The van der Waals surface area contributed by atoms with Crippen LogP contribution in [0.2, 0.25) is 5.02 Å². The second-order valence-electron chi connectivity index (χ2n) is 6.90. The average molecular weight is 473 g/mol. The summed E-state index contributed by atoms with van der Waals surface area (Å²) >= 11 is 5.99. The molecule has 172 valence electrons. The first-order valence-corrected chi connectivity index (χ1v) is 9.71. The Morgan fingerprint density at radius 3 is 2.22 bits per heavy atom. The zero-order valence-electron chi connectivity index (χ0n) is 17.0. The molecular weight excluding hydrogens is 453 g/mol. The quantitative estimate of drug-likeness (QED) is 0.562. The molecule has 0 heterocycles. The van der Waals surface area contributed by atoms with Crippen molar-refractivity contribution in [2.24, 2.45) is 5.92 Å². The molecular formula is C21H20ClF3N2O5. The Hall–Kier alpha value is -3.27. The summed E-state index contributed by atoms with van der Waals surface area (Å²) in [5, 5.41) is 5.12. The van der Waals surface area contributed by atoms with Crippen LogP contribution in [0.1, 0.15) is 24.2 Å². The molecule has 0 fully saturated rings. The van der Waals surface area contributed by atoms with Crippen LogP contribution in [0, 0.1) is 5.92 Å². The zero-order valence-corrected chi connectivity index (χ0v) is 17.8. The second kappa shape index (κ2) is 10.9. The predicted molar refractivity (Wildman–Crippen MR) is 110 cm³/mol. The molecule has 0 spiro atoms. The minimum atomic E-state index is -4.83. The summed E-state index contributed by atoms with van der Waals surface area (Å²) in [6, 6.07) is 9.71. The summed E-state index contributed by atoms with van der Waals surface area (Å²) in [6.45, 7) is 2.71. The van der Waals surface area contributed by atoms with E-state index in [4.69, 9.17) is 16.3 Å². The molecule has 0 aliphatic rings. The molecule has 0 aromatic heterocycles. The van der Waals surface area contributed by atoms with Crippen molar-refractivity contribution in [1.82, 2.24) is 5.32 Å². The van der Waals surface area contributed by atoms with Crippen molar-refractivity contribution in [1.29, 1.82) is 0 Å². The molecule has 0 radical (unpaired) electrons. The van der Waals surface area contributed by atoms with E-state index in [2.05, 4.69) is 15.4 Å². The molecule has 0 unspecified atom stereocenters. The van der Waals surface area contributed by atoms with Crippen LogP contribution in [0.4, 0.5) is 18.9 Å². The first-order chi connectivity index (χ1) is 15.0. The summed E-state index contributed by atoms with van der Waals surface area (Å²) in [7, 11) is 0. The highest BCUT2D eigenvalue weighted by Crippen LogP contribution is 2.24. The summed E-state index contributed by atoms with van der Waals surface area (Å²) < 4.78 is 45.2. The molecule has 11 heteroatoms. The molecule has 7 nitrogen and oxygen atoms in total. The van der Waals surface area contributed by atoms with Crippen LogP contribution in [-0.2, 0) is 14.3 Å². The van der Waals surface area contributed by atoms with E-state index in [1.165, 1.54) is 24.3 Å². The fraction of sp³-hybridized carbons (Fsp3) is 0.286. The van der Waals surface area contributed by atoms with Crippen LogP contribution in [-0.4, -0.2) is 36.8 Å². The number of halogens is 4. The number of anilines is 1. The maximum atomic E-state index is 12.4. The van der Waals surface area contributed by atoms with Gasteiger partial charge in [0.25, 0.3) is 11.8 Å². The molecule has 0 aliphatic heterocycles. The highest BCUT2D eigenvalue weighted by Gasteiger charge is 2.31. The van der Waals surface area contributed by atoms with E-state index in [0.717, 1.165) is 12.1 Å². The monoisotopic (exact) mass is 472 g/mol. The first kappa shape index (κ1) is 25.0.